The molecule has 0 spiro atoms. The zero-order valence-corrected chi connectivity index (χ0v) is 18.8. The van der Waals surface area contributed by atoms with Crippen molar-refractivity contribution >= 4 is 0 Å². The minimum atomic E-state index is -0.943. The van der Waals surface area contributed by atoms with Gasteiger partial charge in [0.15, 0.2) is 11.6 Å². The molecular formula is C29H30F2O. The van der Waals surface area contributed by atoms with Gasteiger partial charge >= 0.3 is 0 Å². The first kappa shape index (κ1) is 22.3. The first-order valence-corrected chi connectivity index (χ1v) is 11.6. The van der Waals surface area contributed by atoms with Gasteiger partial charge in [-0.05, 0) is 66.5 Å². The fraction of sp³-hybridized carbons (Fsp3) is 0.310. The summed E-state index contributed by atoms with van der Waals surface area (Å²) in [6.07, 6.45) is 9.77. The summed E-state index contributed by atoms with van der Waals surface area (Å²) in [5, 5.41) is 0. The molecule has 3 aromatic carbocycles. The summed E-state index contributed by atoms with van der Waals surface area (Å²) < 4.78 is 33.9. The van der Waals surface area contributed by atoms with Crippen LogP contribution in [0.15, 0.2) is 72.8 Å². The molecule has 166 valence electrons. The van der Waals surface area contributed by atoms with Gasteiger partial charge < -0.3 is 4.74 Å². The second-order valence-electron chi connectivity index (χ2n) is 8.49. The maximum atomic E-state index is 14.5. The quantitative estimate of drug-likeness (QED) is 0.340. The van der Waals surface area contributed by atoms with Crippen LogP contribution in [0, 0.1) is 17.6 Å². The number of ether oxygens (including phenoxy) is 1. The van der Waals surface area contributed by atoms with Crippen LogP contribution in [0.1, 0.15) is 51.0 Å². The lowest BCUT2D eigenvalue weighted by Gasteiger charge is -2.23. The van der Waals surface area contributed by atoms with Gasteiger partial charge in [0.1, 0.15) is 0 Å². The number of benzene rings is 3. The molecule has 3 heteroatoms. The summed E-state index contributed by atoms with van der Waals surface area (Å²) in [7, 11) is 0. The van der Waals surface area contributed by atoms with Crippen molar-refractivity contribution in [2.75, 3.05) is 6.61 Å². The van der Waals surface area contributed by atoms with Crippen LogP contribution in [0.5, 0.6) is 5.75 Å². The van der Waals surface area contributed by atoms with E-state index in [1.807, 2.05) is 24.3 Å². The van der Waals surface area contributed by atoms with Crippen LogP contribution in [0.2, 0.25) is 0 Å². The SMILES string of the molecule is CCCC1C=CC(c2ccc(-c3ccc(-c4ccc(OCC)c(F)c4F)cc3)cc2)CC1. The highest BCUT2D eigenvalue weighted by Gasteiger charge is 2.17. The summed E-state index contributed by atoms with van der Waals surface area (Å²) in [6.45, 7) is 4.28. The van der Waals surface area contributed by atoms with E-state index in [0.717, 1.165) is 17.0 Å². The van der Waals surface area contributed by atoms with Crippen molar-refractivity contribution in [3.05, 3.63) is 90.0 Å². The zero-order valence-electron chi connectivity index (χ0n) is 18.8. The first-order valence-electron chi connectivity index (χ1n) is 11.6. The first-order chi connectivity index (χ1) is 15.6. The average Bonchev–Trinajstić information content (AvgIpc) is 2.83. The van der Waals surface area contributed by atoms with Crippen LogP contribution < -0.4 is 4.74 Å². The van der Waals surface area contributed by atoms with E-state index >= 15 is 0 Å². The van der Waals surface area contributed by atoms with E-state index in [2.05, 4.69) is 43.3 Å². The summed E-state index contributed by atoms with van der Waals surface area (Å²) in [5.74, 6) is -0.643. The van der Waals surface area contributed by atoms with Crippen LogP contribution in [0.25, 0.3) is 22.3 Å². The molecule has 0 aliphatic heterocycles. The lowest BCUT2D eigenvalue weighted by atomic mass is 9.82. The second kappa shape index (κ2) is 10.1. The third kappa shape index (κ3) is 4.77. The predicted octanol–water partition coefficient (Wildman–Crippen LogP) is 8.55. The predicted molar refractivity (Wildman–Crippen MR) is 128 cm³/mol. The monoisotopic (exact) mass is 432 g/mol. The van der Waals surface area contributed by atoms with E-state index in [1.165, 1.54) is 37.3 Å². The smallest absolute Gasteiger partial charge is 0.201 e. The molecule has 1 aliphatic rings. The van der Waals surface area contributed by atoms with Crippen LogP contribution in [0.4, 0.5) is 8.78 Å². The van der Waals surface area contributed by atoms with Crippen molar-refractivity contribution in [1.29, 1.82) is 0 Å². The highest BCUT2D eigenvalue weighted by Crippen LogP contribution is 2.34. The fourth-order valence-corrected chi connectivity index (χ4v) is 4.55. The van der Waals surface area contributed by atoms with Gasteiger partial charge in [0.25, 0.3) is 0 Å². The minimum absolute atomic E-state index is 0.0563. The molecule has 0 amide bonds. The number of hydrogen-bond donors (Lipinski definition) is 0. The van der Waals surface area contributed by atoms with Gasteiger partial charge in [-0.2, -0.15) is 4.39 Å². The Kier molecular flexibility index (Phi) is 7.04. The molecule has 0 saturated carbocycles. The molecule has 0 aromatic heterocycles. The molecule has 0 N–H and O–H groups in total. The maximum absolute atomic E-state index is 14.5. The molecule has 4 rings (SSSR count). The van der Waals surface area contributed by atoms with Crippen molar-refractivity contribution in [2.45, 2.75) is 45.4 Å². The van der Waals surface area contributed by atoms with Crippen molar-refractivity contribution in [2.24, 2.45) is 5.92 Å². The molecule has 2 unspecified atom stereocenters. The summed E-state index contributed by atoms with van der Waals surface area (Å²) in [4.78, 5) is 0. The molecule has 2 atom stereocenters. The normalized spacial score (nSPS) is 18.0. The Morgan fingerprint density at radius 1 is 0.750 bits per heavy atom. The van der Waals surface area contributed by atoms with Gasteiger partial charge in [-0.3, -0.25) is 0 Å². The van der Waals surface area contributed by atoms with Gasteiger partial charge in [-0.1, -0.05) is 74.0 Å². The van der Waals surface area contributed by atoms with Crippen LogP contribution in [-0.2, 0) is 0 Å². The zero-order chi connectivity index (χ0) is 22.5. The van der Waals surface area contributed by atoms with Gasteiger partial charge in [0, 0.05) is 11.5 Å². The van der Waals surface area contributed by atoms with Crippen LogP contribution in [-0.4, -0.2) is 6.61 Å². The molecule has 32 heavy (non-hydrogen) atoms. The molecule has 0 fully saturated rings. The average molecular weight is 433 g/mol. The Balaban J connectivity index is 1.49. The highest BCUT2D eigenvalue weighted by molar-refractivity contribution is 5.71. The van der Waals surface area contributed by atoms with Crippen molar-refractivity contribution in [3.8, 4) is 28.0 Å². The standard InChI is InChI=1S/C29H30F2O/c1-3-5-20-6-8-21(9-7-20)22-10-12-23(13-11-22)24-14-16-25(17-15-24)26-18-19-27(32-4-2)29(31)28(26)30/h6,8,10-21H,3-5,7,9H2,1-2H3. The number of allylic oxidation sites excluding steroid dienone is 2. The second-order valence-corrected chi connectivity index (χ2v) is 8.49. The Bertz CT molecular complexity index is 1070. The molecule has 0 saturated heterocycles. The third-order valence-corrected chi connectivity index (χ3v) is 6.34. The van der Waals surface area contributed by atoms with E-state index in [4.69, 9.17) is 4.74 Å². The summed E-state index contributed by atoms with van der Waals surface area (Å²) in [6, 6.07) is 19.3. The van der Waals surface area contributed by atoms with Crippen molar-refractivity contribution in [1.82, 2.24) is 0 Å². The Labute approximate surface area is 189 Å². The van der Waals surface area contributed by atoms with Gasteiger partial charge in [0.2, 0.25) is 5.82 Å². The van der Waals surface area contributed by atoms with E-state index < -0.39 is 11.6 Å². The molecule has 1 aliphatic carbocycles. The van der Waals surface area contributed by atoms with E-state index in [1.54, 1.807) is 13.0 Å². The van der Waals surface area contributed by atoms with E-state index in [0.29, 0.717) is 18.1 Å². The molecular weight excluding hydrogens is 402 g/mol. The van der Waals surface area contributed by atoms with Gasteiger partial charge in [-0.25, -0.2) is 4.39 Å². The summed E-state index contributed by atoms with van der Waals surface area (Å²) in [5.41, 5.74) is 4.39. The Morgan fingerprint density at radius 3 is 2.00 bits per heavy atom. The lowest BCUT2D eigenvalue weighted by Crippen LogP contribution is -2.07. The molecule has 0 radical (unpaired) electrons. The van der Waals surface area contributed by atoms with Gasteiger partial charge in [0.05, 0.1) is 6.61 Å². The van der Waals surface area contributed by atoms with Crippen molar-refractivity contribution in [3.63, 3.8) is 0 Å². The third-order valence-electron chi connectivity index (χ3n) is 6.34. The van der Waals surface area contributed by atoms with E-state index in [-0.39, 0.29) is 11.3 Å². The summed E-state index contributed by atoms with van der Waals surface area (Å²) >= 11 is 0. The minimum Gasteiger partial charge on any atom is -0.491 e. The van der Waals surface area contributed by atoms with Gasteiger partial charge in [-0.15, -0.1) is 0 Å². The van der Waals surface area contributed by atoms with Crippen LogP contribution >= 0.6 is 0 Å². The Hall–Kier alpha value is -2.94. The Morgan fingerprint density at radius 2 is 1.41 bits per heavy atom. The topological polar surface area (TPSA) is 9.23 Å². The van der Waals surface area contributed by atoms with Crippen molar-refractivity contribution < 1.29 is 13.5 Å². The molecule has 3 aromatic rings. The number of rotatable bonds is 7. The largest absolute Gasteiger partial charge is 0.491 e. The fourth-order valence-electron chi connectivity index (χ4n) is 4.55. The lowest BCUT2D eigenvalue weighted by molar-refractivity contribution is 0.314. The molecule has 0 bridgehead atoms. The highest BCUT2D eigenvalue weighted by atomic mass is 19.2. The van der Waals surface area contributed by atoms with Crippen LogP contribution in [0.3, 0.4) is 0 Å². The van der Waals surface area contributed by atoms with E-state index in [9.17, 15) is 8.78 Å². The maximum Gasteiger partial charge on any atom is 0.201 e. The molecule has 1 nitrogen and oxygen atoms in total. The molecule has 0 heterocycles. The number of hydrogen-bond acceptors (Lipinski definition) is 1. The number of halogens is 2.